The summed E-state index contributed by atoms with van der Waals surface area (Å²) in [6.07, 6.45) is 1.77. The molecule has 0 saturated carbocycles. The first-order valence-corrected chi connectivity index (χ1v) is 4.71. The maximum absolute atomic E-state index is 8.74. The van der Waals surface area contributed by atoms with Gasteiger partial charge in [0.25, 0.3) is 6.47 Å². The molecule has 0 aliphatic heterocycles. The maximum atomic E-state index is 8.74. The summed E-state index contributed by atoms with van der Waals surface area (Å²) in [6.45, 7) is -0.250. The summed E-state index contributed by atoms with van der Waals surface area (Å²) < 4.78 is 8.74. The van der Waals surface area contributed by atoms with Gasteiger partial charge in [0.2, 0.25) is 0 Å². The van der Waals surface area contributed by atoms with Gasteiger partial charge >= 0.3 is 8.25 Å². The summed E-state index contributed by atoms with van der Waals surface area (Å²) in [4.78, 5) is 26.4. The van der Waals surface area contributed by atoms with Crippen molar-refractivity contribution in [1.82, 2.24) is 4.98 Å². The normalized spacial score (nSPS) is 7.25. The molecule has 0 aromatic carbocycles. The quantitative estimate of drug-likeness (QED) is 0.419. The number of aromatic nitrogens is 1. The number of nitrogens with zero attached hydrogens (tertiary/aromatic N) is 1. The molecule has 0 aliphatic carbocycles. The minimum atomic E-state index is -3.13. The molecular weight excluding hydrogens is 205 g/mol. The zero-order valence-electron chi connectivity index (χ0n) is 5.82. The van der Waals surface area contributed by atoms with Crippen molar-refractivity contribution in [3.8, 4) is 0 Å². The summed E-state index contributed by atoms with van der Waals surface area (Å²) in [7, 11) is -3.13. The Morgan fingerprint density at radius 3 is 2.00 bits per heavy atom. The van der Waals surface area contributed by atoms with Crippen LogP contribution in [0.4, 0.5) is 0 Å². The van der Waals surface area contributed by atoms with E-state index in [0.717, 1.165) is 0 Å². The van der Waals surface area contributed by atoms with Gasteiger partial charge in [-0.3, -0.25) is 14.3 Å². The van der Waals surface area contributed by atoms with Crippen LogP contribution in [0.25, 0.3) is 0 Å². The third-order valence-corrected chi connectivity index (χ3v) is 0.869. The van der Waals surface area contributed by atoms with E-state index in [-0.39, 0.29) is 6.47 Å². The van der Waals surface area contributed by atoms with Gasteiger partial charge in [-0.25, -0.2) is 0 Å². The zero-order chi connectivity index (χ0) is 9.82. The number of thiazole rings is 1. The van der Waals surface area contributed by atoms with Crippen molar-refractivity contribution < 1.29 is 24.3 Å². The molecule has 1 heterocycles. The minimum Gasteiger partial charge on any atom is -0.483 e. The molecule has 0 aliphatic rings. The first-order chi connectivity index (χ1) is 5.65. The van der Waals surface area contributed by atoms with Crippen LogP contribution in [0, 0.1) is 0 Å². The standard InChI is InChI=1S/C3H3NS.CH2O2.H3O3P/c1-2-5-3-4-1;2-1-3;1-4(2)3/h1-3H;1H,(H,2,3);4H,(H2,1,2,3). The van der Waals surface area contributed by atoms with Gasteiger partial charge in [0.05, 0.1) is 5.51 Å². The van der Waals surface area contributed by atoms with Crippen LogP contribution in [0.15, 0.2) is 17.1 Å². The summed E-state index contributed by atoms with van der Waals surface area (Å²) in [5, 5.41) is 8.82. The van der Waals surface area contributed by atoms with Crippen molar-refractivity contribution in [2.24, 2.45) is 0 Å². The highest BCUT2D eigenvalue weighted by Crippen LogP contribution is 1.98. The van der Waals surface area contributed by atoms with Gasteiger partial charge in [-0.05, 0) is 0 Å². The van der Waals surface area contributed by atoms with Gasteiger partial charge in [-0.15, -0.1) is 11.3 Å². The van der Waals surface area contributed by atoms with E-state index in [2.05, 4.69) is 4.98 Å². The molecule has 6 nitrogen and oxygen atoms in total. The molecule has 0 amide bonds. The first kappa shape index (κ1) is 13.8. The summed E-state index contributed by atoms with van der Waals surface area (Å²) >= 11 is 1.60. The molecule has 8 heteroatoms. The molecule has 0 fully saturated rings. The van der Waals surface area contributed by atoms with E-state index in [4.69, 9.17) is 24.3 Å². The van der Waals surface area contributed by atoms with Crippen LogP contribution in [0.5, 0.6) is 0 Å². The monoisotopic (exact) mass is 213 g/mol. The Kier molecular flexibility index (Phi) is 14.8. The van der Waals surface area contributed by atoms with Gasteiger partial charge in [0, 0.05) is 11.6 Å². The second kappa shape index (κ2) is 12.9. The average molecular weight is 213 g/mol. The minimum absolute atomic E-state index is 0.250. The van der Waals surface area contributed by atoms with Crippen molar-refractivity contribution in [3.63, 3.8) is 0 Å². The Labute approximate surface area is 73.1 Å². The smallest absolute Gasteiger partial charge is 0.314 e. The van der Waals surface area contributed by atoms with Crippen LogP contribution in [0.3, 0.4) is 0 Å². The van der Waals surface area contributed by atoms with Crippen molar-refractivity contribution >= 4 is 26.1 Å². The number of rotatable bonds is 0. The Balaban J connectivity index is 0. The fourth-order valence-electron chi connectivity index (χ4n) is 0.176. The number of hydrogen-bond acceptors (Lipinski definition) is 4. The fraction of sp³-hybridized carbons (Fsp3) is 0. The Hall–Kier alpha value is -0.750. The molecular formula is C4H8NO5PS. The van der Waals surface area contributed by atoms with Gasteiger partial charge in [0.1, 0.15) is 0 Å². The highest BCUT2D eigenvalue weighted by molar-refractivity contribution is 7.30. The Morgan fingerprint density at radius 2 is 1.92 bits per heavy atom. The highest BCUT2D eigenvalue weighted by atomic mass is 32.1. The lowest BCUT2D eigenvalue weighted by atomic mass is 11.0. The molecule has 1 aromatic rings. The van der Waals surface area contributed by atoms with Crippen molar-refractivity contribution in [2.75, 3.05) is 0 Å². The maximum Gasteiger partial charge on any atom is 0.314 e. The summed E-state index contributed by atoms with van der Waals surface area (Å²) in [5.41, 5.74) is 1.79. The van der Waals surface area contributed by atoms with Gasteiger partial charge < -0.3 is 14.9 Å². The third kappa shape index (κ3) is 34.9. The van der Waals surface area contributed by atoms with Crippen LogP contribution in [-0.4, -0.2) is 26.3 Å². The highest BCUT2D eigenvalue weighted by Gasteiger charge is 1.61. The molecule has 1 aromatic heterocycles. The average Bonchev–Trinajstić information content (AvgIpc) is 2.40. The van der Waals surface area contributed by atoms with E-state index in [1.54, 1.807) is 23.0 Å². The van der Waals surface area contributed by atoms with E-state index < -0.39 is 8.25 Å². The van der Waals surface area contributed by atoms with Crippen molar-refractivity contribution in [3.05, 3.63) is 17.1 Å². The van der Waals surface area contributed by atoms with E-state index in [1.807, 2.05) is 5.38 Å². The predicted octanol–water partition coefficient (Wildman–Crippen LogP) is 0.205. The van der Waals surface area contributed by atoms with Crippen molar-refractivity contribution in [1.29, 1.82) is 0 Å². The fourth-order valence-corrected chi connectivity index (χ4v) is 0.527. The SMILES string of the molecule is O=CO.O=[PH](O)O.c1cscn1. The predicted molar refractivity (Wildman–Crippen MR) is 44.2 cm³/mol. The third-order valence-electron chi connectivity index (χ3n) is 0.347. The molecule has 12 heavy (non-hydrogen) atoms. The largest absolute Gasteiger partial charge is 0.483 e. The number of carbonyl (C=O) groups is 1. The molecule has 0 saturated heterocycles. The molecule has 3 N–H and O–H groups in total. The topological polar surface area (TPSA) is 108 Å². The lowest BCUT2D eigenvalue weighted by molar-refractivity contribution is -0.122. The van der Waals surface area contributed by atoms with Gasteiger partial charge in [0.15, 0.2) is 0 Å². The molecule has 0 unspecified atom stereocenters. The van der Waals surface area contributed by atoms with E-state index in [1.165, 1.54) is 0 Å². The molecule has 0 bridgehead atoms. The van der Waals surface area contributed by atoms with Crippen LogP contribution in [-0.2, 0) is 9.36 Å². The lowest BCUT2D eigenvalue weighted by Gasteiger charge is -1.61. The second-order valence-electron chi connectivity index (χ2n) is 1.06. The van der Waals surface area contributed by atoms with Crippen molar-refractivity contribution in [2.45, 2.75) is 0 Å². The van der Waals surface area contributed by atoms with Crippen LogP contribution in [0.1, 0.15) is 0 Å². The second-order valence-corrected chi connectivity index (χ2v) is 2.38. The summed E-state index contributed by atoms with van der Waals surface area (Å²) in [6, 6.07) is 0. The molecule has 0 radical (unpaired) electrons. The Morgan fingerprint density at radius 1 is 1.50 bits per heavy atom. The van der Waals surface area contributed by atoms with Crippen LogP contribution >= 0.6 is 19.6 Å². The zero-order valence-corrected chi connectivity index (χ0v) is 7.64. The summed E-state index contributed by atoms with van der Waals surface area (Å²) in [5.74, 6) is 0. The van der Waals surface area contributed by atoms with Crippen LogP contribution < -0.4 is 0 Å². The van der Waals surface area contributed by atoms with E-state index in [0.29, 0.717) is 0 Å². The molecule has 0 atom stereocenters. The van der Waals surface area contributed by atoms with E-state index in [9.17, 15) is 0 Å². The Bertz CT molecular complexity index is 170. The van der Waals surface area contributed by atoms with Gasteiger partial charge in [-0.1, -0.05) is 0 Å². The molecule has 0 spiro atoms. The van der Waals surface area contributed by atoms with E-state index >= 15 is 0 Å². The molecule has 70 valence electrons. The van der Waals surface area contributed by atoms with Gasteiger partial charge in [-0.2, -0.15) is 0 Å². The number of hydrogen-bond donors (Lipinski definition) is 3. The first-order valence-electron chi connectivity index (χ1n) is 2.47. The molecule has 1 rings (SSSR count). The van der Waals surface area contributed by atoms with Crippen LogP contribution in [0.2, 0.25) is 0 Å². The lowest BCUT2D eigenvalue weighted by Crippen LogP contribution is -1.49. The number of carboxylic acid groups (broad SMARTS) is 1.